The SMILES string of the molecule is CC(=O)Nc1ccc(CNc2ncnc3cc(Cl)ccc23)cc1. The Labute approximate surface area is 138 Å². The molecule has 0 fully saturated rings. The maximum atomic E-state index is 11.0. The molecular formula is C17H15ClN4O. The largest absolute Gasteiger partial charge is 0.365 e. The molecular weight excluding hydrogens is 312 g/mol. The normalized spacial score (nSPS) is 10.5. The summed E-state index contributed by atoms with van der Waals surface area (Å²) in [5.41, 5.74) is 2.67. The minimum Gasteiger partial charge on any atom is -0.365 e. The molecule has 0 aliphatic heterocycles. The Hall–Kier alpha value is -2.66. The number of anilines is 2. The van der Waals surface area contributed by atoms with Crippen LogP contribution in [0.1, 0.15) is 12.5 Å². The molecule has 23 heavy (non-hydrogen) atoms. The molecule has 116 valence electrons. The number of carbonyl (C=O) groups excluding carboxylic acids is 1. The summed E-state index contributed by atoms with van der Waals surface area (Å²) in [4.78, 5) is 19.5. The molecule has 2 N–H and O–H groups in total. The Bertz CT molecular complexity index is 849. The summed E-state index contributed by atoms with van der Waals surface area (Å²) < 4.78 is 0. The molecule has 6 heteroatoms. The fraction of sp³-hybridized carbons (Fsp3) is 0.118. The highest BCUT2D eigenvalue weighted by molar-refractivity contribution is 6.31. The number of hydrogen-bond donors (Lipinski definition) is 2. The van der Waals surface area contributed by atoms with Crippen molar-refractivity contribution in [3.8, 4) is 0 Å². The van der Waals surface area contributed by atoms with Crippen LogP contribution in [0.2, 0.25) is 5.02 Å². The average Bonchev–Trinajstić information content (AvgIpc) is 2.53. The van der Waals surface area contributed by atoms with Gasteiger partial charge in [-0.05, 0) is 35.9 Å². The van der Waals surface area contributed by atoms with Crippen molar-refractivity contribution in [2.24, 2.45) is 0 Å². The van der Waals surface area contributed by atoms with Gasteiger partial charge in [0, 0.05) is 29.6 Å². The second-order valence-electron chi connectivity index (χ2n) is 5.12. The average molecular weight is 327 g/mol. The van der Waals surface area contributed by atoms with E-state index in [4.69, 9.17) is 11.6 Å². The molecule has 0 radical (unpaired) electrons. The van der Waals surface area contributed by atoms with Crippen LogP contribution in [0.4, 0.5) is 11.5 Å². The molecule has 2 aromatic carbocycles. The Morgan fingerprint density at radius 3 is 2.65 bits per heavy atom. The van der Waals surface area contributed by atoms with Crippen molar-refractivity contribution in [1.82, 2.24) is 9.97 Å². The highest BCUT2D eigenvalue weighted by Crippen LogP contribution is 2.23. The number of fused-ring (bicyclic) bond motifs is 1. The molecule has 1 heterocycles. The smallest absolute Gasteiger partial charge is 0.221 e. The lowest BCUT2D eigenvalue weighted by Gasteiger charge is -2.09. The lowest BCUT2D eigenvalue weighted by molar-refractivity contribution is -0.114. The fourth-order valence-corrected chi connectivity index (χ4v) is 2.43. The van der Waals surface area contributed by atoms with Crippen molar-refractivity contribution >= 4 is 39.9 Å². The monoisotopic (exact) mass is 326 g/mol. The topological polar surface area (TPSA) is 66.9 Å². The second kappa shape index (κ2) is 6.62. The van der Waals surface area contributed by atoms with Gasteiger partial charge in [-0.3, -0.25) is 4.79 Å². The summed E-state index contributed by atoms with van der Waals surface area (Å²) in [5.74, 6) is 0.680. The Balaban J connectivity index is 1.74. The number of aromatic nitrogens is 2. The number of amides is 1. The summed E-state index contributed by atoms with van der Waals surface area (Å²) in [7, 11) is 0. The molecule has 0 saturated carbocycles. The van der Waals surface area contributed by atoms with E-state index < -0.39 is 0 Å². The molecule has 5 nitrogen and oxygen atoms in total. The summed E-state index contributed by atoms with van der Waals surface area (Å²) in [6.45, 7) is 2.11. The van der Waals surface area contributed by atoms with Gasteiger partial charge in [-0.15, -0.1) is 0 Å². The first kappa shape index (κ1) is 15.2. The number of benzene rings is 2. The van der Waals surface area contributed by atoms with Crippen molar-refractivity contribution in [1.29, 1.82) is 0 Å². The summed E-state index contributed by atoms with van der Waals surface area (Å²) >= 11 is 5.98. The van der Waals surface area contributed by atoms with Crippen LogP contribution in [-0.4, -0.2) is 15.9 Å². The maximum Gasteiger partial charge on any atom is 0.221 e. The highest BCUT2D eigenvalue weighted by Gasteiger charge is 2.04. The van der Waals surface area contributed by atoms with Gasteiger partial charge in [0.15, 0.2) is 0 Å². The molecule has 0 unspecified atom stereocenters. The van der Waals surface area contributed by atoms with Crippen LogP contribution >= 0.6 is 11.6 Å². The van der Waals surface area contributed by atoms with Gasteiger partial charge in [0.2, 0.25) is 5.91 Å². The van der Waals surface area contributed by atoms with Crippen molar-refractivity contribution in [3.63, 3.8) is 0 Å². The van der Waals surface area contributed by atoms with E-state index in [1.54, 1.807) is 0 Å². The number of rotatable bonds is 4. The van der Waals surface area contributed by atoms with Crippen LogP contribution in [0.5, 0.6) is 0 Å². The Kier molecular flexibility index (Phi) is 4.39. The standard InChI is InChI=1S/C17H15ClN4O/c1-11(23)22-14-5-2-12(3-6-14)9-19-17-15-7-4-13(18)8-16(15)20-10-21-17/h2-8,10H,9H2,1H3,(H,22,23)(H,19,20,21). The van der Waals surface area contributed by atoms with Gasteiger partial charge in [0.05, 0.1) is 5.52 Å². The number of carbonyl (C=O) groups is 1. The molecule has 3 aromatic rings. The fourth-order valence-electron chi connectivity index (χ4n) is 2.27. The molecule has 0 aliphatic carbocycles. The van der Waals surface area contributed by atoms with E-state index in [9.17, 15) is 4.79 Å². The summed E-state index contributed by atoms with van der Waals surface area (Å²) in [6, 6.07) is 13.2. The minimum atomic E-state index is -0.0815. The van der Waals surface area contributed by atoms with Gasteiger partial charge in [0.1, 0.15) is 12.1 Å². The van der Waals surface area contributed by atoms with Gasteiger partial charge >= 0.3 is 0 Å². The molecule has 0 spiro atoms. The zero-order valence-corrected chi connectivity index (χ0v) is 13.3. The third kappa shape index (κ3) is 3.76. The van der Waals surface area contributed by atoms with Crippen LogP contribution in [0.3, 0.4) is 0 Å². The zero-order chi connectivity index (χ0) is 16.2. The predicted molar refractivity (Wildman–Crippen MR) is 92.6 cm³/mol. The Morgan fingerprint density at radius 1 is 1.13 bits per heavy atom. The van der Waals surface area contributed by atoms with E-state index in [2.05, 4.69) is 20.6 Å². The van der Waals surface area contributed by atoms with E-state index in [0.29, 0.717) is 11.6 Å². The van der Waals surface area contributed by atoms with Crippen molar-refractivity contribution < 1.29 is 4.79 Å². The zero-order valence-electron chi connectivity index (χ0n) is 12.5. The number of nitrogens with zero attached hydrogens (tertiary/aromatic N) is 2. The van der Waals surface area contributed by atoms with Gasteiger partial charge < -0.3 is 10.6 Å². The van der Waals surface area contributed by atoms with Crippen molar-refractivity contribution in [3.05, 3.63) is 59.4 Å². The first-order chi connectivity index (χ1) is 11.1. The van der Waals surface area contributed by atoms with E-state index in [1.807, 2.05) is 42.5 Å². The Morgan fingerprint density at radius 2 is 1.91 bits per heavy atom. The van der Waals surface area contributed by atoms with Crippen LogP contribution in [0, 0.1) is 0 Å². The first-order valence-corrected chi connectivity index (χ1v) is 7.50. The van der Waals surface area contributed by atoms with Crippen molar-refractivity contribution in [2.45, 2.75) is 13.5 Å². The van der Waals surface area contributed by atoms with Crippen molar-refractivity contribution in [2.75, 3.05) is 10.6 Å². The quantitative estimate of drug-likeness (QED) is 0.764. The lowest BCUT2D eigenvalue weighted by Crippen LogP contribution is -2.06. The number of halogens is 1. The lowest BCUT2D eigenvalue weighted by atomic mass is 10.2. The van der Waals surface area contributed by atoms with Gasteiger partial charge in [-0.25, -0.2) is 9.97 Å². The van der Waals surface area contributed by atoms with Gasteiger partial charge in [-0.1, -0.05) is 23.7 Å². The van der Waals surface area contributed by atoms with Crippen LogP contribution < -0.4 is 10.6 Å². The van der Waals surface area contributed by atoms with E-state index in [-0.39, 0.29) is 5.91 Å². The second-order valence-corrected chi connectivity index (χ2v) is 5.55. The maximum absolute atomic E-state index is 11.0. The van der Waals surface area contributed by atoms with E-state index in [1.165, 1.54) is 13.3 Å². The van der Waals surface area contributed by atoms with Crippen LogP contribution in [-0.2, 0) is 11.3 Å². The van der Waals surface area contributed by atoms with E-state index in [0.717, 1.165) is 28.0 Å². The number of hydrogen-bond acceptors (Lipinski definition) is 4. The molecule has 0 saturated heterocycles. The number of nitrogens with one attached hydrogen (secondary N) is 2. The predicted octanol–water partition coefficient (Wildman–Crippen LogP) is 3.85. The third-order valence-electron chi connectivity index (χ3n) is 3.33. The van der Waals surface area contributed by atoms with Crippen LogP contribution in [0.25, 0.3) is 10.9 Å². The van der Waals surface area contributed by atoms with Gasteiger partial charge in [-0.2, -0.15) is 0 Å². The first-order valence-electron chi connectivity index (χ1n) is 7.12. The van der Waals surface area contributed by atoms with Crippen LogP contribution in [0.15, 0.2) is 48.8 Å². The molecule has 1 amide bonds. The molecule has 0 aliphatic rings. The molecule has 1 aromatic heterocycles. The third-order valence-corrected chi connectivity index (χ3v) is 3.57. The van der Waals surface area contributed by atoms with Gasteiger partial charge in [0.25, 0.3) is 0 Å². The molecule has 0 bridgehead atoms. The molecule has 0 atom stereocenters. The highest BCUT2D eigenvalue weighted by atomic mass is 35.5. The summed E-state index contributed by atoms with van der Waals surface area (Å²) in [6.07, 6.45) is 1.51. The summed E-state index contributed by atoms with van der Waals surface area (Å²) in [5, 5.41) is 7.62. The molecule has 3 rings (SSSR count). The van der Waals surface area contributed by atoms with E-state index >= 15 is 0 Å². The minimum absolute atomic E-state index is 0.0815.